The molecule has 0 aliphatic rings. The largest absolute Gasteiger partial charge is 0.479 e. The van der Waals surface area contributed by atoms with E-state index >= 15 is 0 Å². The summed E-state index contributed by atoms with van der Waals surface area (Å²) in [5.74, 6) is 0.0811. The van der Waals surface area contributed by atoms with E-state index < -0.39 is 5.82 Å². The highest BCUT2D eigenvalue weighted by Gasteiger charge is 2.10. The summed E-state index contributed by atoms with van der Waals surface area (Å²) in [4.78, 5) is 16.0. The second-order valence-electron chi connectivity index (χ2n) is 6.18. The summed E-state index contributed by atoms with van der Waals surface area (Å²) in [6, 6.07) is 10.6. The van der Waals surface area contributed by atoms with Gasteiger partial charge in [0.05, 0.1) is 19.3 Å². The summed E-state index contributed by atoms with van der Waals surface area (Å²) >= 11 is 6.39. The molecule has 2 N–H and O–H groups in total. The number of fused-ring (bicyclic) bond motifs is 1. The van der Waals surface area contributed by atoms with Gasteiger partial charge in [0.2, 0.25) is 5.88 Å². The summed E-state index contributed by atoms with van der Waals surface area (Å²) in [7, 11) is 1.38. The Balaban J connectivity index is 1.47. The molecule has 0 radical (unpaired) electrons. The van der Waals surface area contributed by atoms with E-state index in [1.807, 2.05) is 30.5 Å². The number of rotatable bonds is 6. The fourth-order valence-electron chi connectivity index (χ4n) is 2.94. The highest BCUT2D eigenvalue weighted by Crippen LogP contribution is 2.24. The van der Waals surface area contributed by atoms with Gasteiger partial charge >= 0.3 is 0 Å². The standard InChI is InChI=1S/C20H17ClFN5O/c1-28-20-16(22)6-5-14(26-20)11-24-17-7-4-12(18(21)27-17)9-13-10-25-19-15(13)3-2-8-23-19/h2-8,10H,9,11H2,1H3,(H,23,25)(H,24,27). The van der Waals surface area contributed by atoms with Crippen molar-refractivity contribution in [3.8, 4) is 5.88 Å². The van der Waals surface area contributed by atoms with Crippen molar-refractivity contribution < 1.29 is 9.13 Å². The van der Waals surface area contributed by atoms with Crippen LogP contribution in [0, 0.1) is 5.82 Å². The number of ether oxygens (including phenoxy) is 1. The molecular weight excluding hydrogens is 381 g/mol. The molecule has 0 atom stereocenters. The quantitative estimate of drug-likeness (QED) is 0.473. The van der Waals surface area contributed by atoms with Gasteiger partial charge in [-0.1, -0.05) is 17.7 Å². The van der Waals surface area contributed by atoms with Crippen molar-refractivity contribution in [3.05, 3.63) is 76.6 Å². The molecule has 0 aromatic carbocycles. The van der Waals surface area contributed by atoms with Gasteiger partial charge < -0.3 is 15.0 Å². The summed E-state index contributed by atoms with van der Waals surface area (Å²) in [6.45, 7) is 0.368. The smallest absolute Gasteiger partial charge is 0.250 e. The predicted molar refractivity (Wildman–Crippen MR) is 106 cm³/mol. The Morgan fingerprint density at radius 1 is 1.14 bits per heavy atom. The molecule has 0 aliphatic heterocycles. The maximum absolute atomic E-state index is 13.4. The highest BCUT2D eigenvalue weighted by atomic mass is 35.5. The van der Waals surface area contributed by atoms with Crippen LogP contribution in [0.25, 0.3) is 11.0 Å². The normalized spacial score (nSPS) is 11.0. The van der Waals surface area contributed by atoms with Gasteiger partial charge in [-0.2, -0.15) is 0 Å². The first-order valence-corrected chi connectivity index (χ1v) is 9.01. The maximum Gasteiger partial charge on any atom is 0.250 e. The number of pyridine rings is 3. The minimum Gasteiger partial charge on any atom is -0.479 e. The Morgan fingerprint density at radius 3 is 2.86 bits per heavy atom. The van der Waals surface area contributed by atoms with Crippen LogP contribution >= 0.6 is 11.6 Å². The van der Waals surface area contributed by atoms with Gasteiger partial charge in [-0.15, -0.1) is 0 Å². The number of nitrogens with one attached hydrogen (secondary N) is 2. The Bertz CT molecular complexity index is 1130. The van der Waals surface area contributed by atoms with Gasteiger partial charge in [0.1, 0.15) is 16.6 Å². The van der Waals surface area contributed by atoms with Gasteiger partial charge in [0.25, 0.3) is 0 Å². The molecule has 4 aromatic heterocycles. The number of hydrogen-bond acceptors (Lipinski definition) is 5. The van der Waals surface area contributed by atoms with E-state index in [4.69, 9.17) is 16.3 Å². The van der Waals surface area contributed by atoms with E-state index in [1.165, 1.54) is 13.2 Å². The first kappa shape index (κ1) is 18.2. The molecule has 0 amide bonds. The zero-order chi connectivity index (χ0) is 19.5. The number of methoxy groups -OCH3 is 1. The van der Waals surface area contributed by atoms with Crippen LogP contribution < -0.4 is 10.1 Å². The molecule has 28 heavy (non-hydrogen) atoms. The minimum absolute atomic E-state index is 0.0335. The van der Waals surface area contributed by atoms with Gasteiger partial charge in [-0.3, -0.25) is 0 Å². The zero-order valence-electron chi connectivity index (χ0n) is 15.0. The topological polar surface area (TPSA) is 75.7 Å². The number of aromatic amines is 1. The summed E-state index contributed by atoms with van der Waals surface area (Å²) < 4.78 is 18.3. The van der Waals surface area contributed by atoms with E-state index in [0.29, 0.717) is 29.6 Å². The van der Waals surface area contributed by atoms with Gasteiger partial charge in [-0.25, -0.2) is 19.3 Å². The van der Waals surface area contributed by atoms with E-state index in [1.54, 1.807) is 12.3 Å². The Hall–Kier alpha value is -3.19. The molecule has 0 saturated heterocycles. The molecule has 0 spiro atoms. The van der Waals surface area contributed by atoms with Crippen LogP contribution in [-0.4, -0.2) is 27.0 Å². The second-order valence-corrected chi connectivity index (χ2v) is 6.54. The number of halogens is 2. The Labute approximate surface area is 165 Å². The lowest BCUT2D eigenvalue weighted by atomic mass is 10.1. The second kappa shape index (κ2) is 7.82. The summed E-state index contributed by atoms with van der Waals surface area (Å²) in [5.41, 5.74) is 3.50. The minimum atomic E-state index is -0.496. The number of nitrogens with zero attached hydrogens (tertiary/aromatic N) is 3. The molecule has 142 valence electrons. The average Bonchev–Trinajstić information content (AvgIpc) is 3.12. The molecule has 0 saturated carbocycles. The van der Waals surface area contributed by atoms with Crippen LogP contribution in [0.4, 0.5) is 10.2 Å². The van der Waals surface area contributed by atoms with Crippen molar-refractivity contribution in [1.29, 1.82) is 0 Å². The molecule has 0 bridgehead atoms. The van der Waals surface area contributed by atoms with Crippen molar-refractivity contribution >= 4 is 28.5 Å². The van der Waals surface area contributed by atoms with Gasteiger partial charge in [0, 0.05) is 24.2 Å². The number of aromatic nitrogens is 4. The maximum atomic E-state index is 13.4. The molecular formula is C20H17ClFN5O. The highest BCUT2D eigenvalue weighted by molar-refractivity contribution is 6.30. The van der Waals surface area contributed by atoms with Crippen molar-refractivity contribution in [2.24, 2.45) is 0 Å². The lowest BCUT2D eigenvalue weighted by molar-refractivity contribution is 0.367. The van der Waals surface area contributed by atoms with Gasteiger partial charge in [-0.05, 0) is 41.5 Å². The van der Waals surface area contributed by atoms with Crippen molar-refractivity contribution in [2.45, 2.75) is 13.0 Å². The summed E-state index contributed by atoms with van der Waals surface area (Å²) in [6.07, 6.45) is 4.34. The lowest BCUT2D eigenvalue weighted by Gasteiger charge is -2.09. The molecule has 6 nitrogen and oxygen atoms in total. The van der Waals surface area contributed by atoms with E-state index in [0.717, 1.165) is 22.2 Å². The third-order valence-electron chi connectivity index (χ3n) is 4.36. The van der Waals surface area contributed by atoms with E-state index in [-0.39, 0.29) is 5.88 Å². The Kier molecular flexibility index (Phi) is 5.08. The SMILES string of the molecule is COc1nc(CNc2ccc(Cc3c[nH]c4ncccc34)c(Cl)n2)ccc1F. The van der Waals surface area contributed by atoms with Crippen LogP contribution in [0.1, 0.15) is 16.8 Å². The predicted octanol–water partition coefficient (Wildman–Crippen LogP) is 4.36. The molecule has 4 heterocycles. The fraction of sp³-hybridized carbons (Fsp3) is 0.150. The van der Waals surface area contributed by atoms with Crippen molar-refractivity contribution in [3.63, 3.8) is 0 Å². The summed E-state index contributed by atoms with van der Waals surface area (Å²) in [5, 5.41) is 4.63. The monoisotopic (exact) mass is 397 g/mol. The van der Waals surface area contributed by atoms with Crippen LogP contribution in [0.3, 0.4) is 0 Å². The van der Waals surface area contributed by atoms with Crippen LogP contribution in [0.5, 0.6) is 5.88 Å². The third-order valence-corrected chi connectivity index (χ3v) is 4.69. The third kappa shape index (κ3) is 3.75. The van der Waals surface area contributed by atoms with Crippen molar-refractivity contribution in [2.75, 3.05) is 12.4 Å². The van der Waals surface area contributed by atoms with Crippen molar-refractivity contribution in [1.82, 2.24) is 19.9 Å². The molecule has 0 aliphatic carbocycles. The van der Waals surface area contributed by atoms with E-state index in [2.05, 4.69) is 25.3 Å². The van der Waals surface area contributed by atoms with Crippen LogP contribution in [0.2, 0.25) is 5.15 Å². The first-order chi connectivity index (χ1) is 13.6. The number of anilines is 1. The zero-order valence-corrected chi connectivity index (χ0v) is 15.8. The first-order valence-electron chi connectivity index (χ1n) is 8.63. The molecule has 4 aromatic rings. The number of H-pyrrole nitrogens is 1. The van der Waals surface area contributed by atoms with Gasteiger partial charge in [0.15, 0.2) is 5.82 Å². The molecule has 4 rings (SSSR count). The number of hydrogen-bond donors (Lipinski definition) is 2. The fourth-order valence-corrected chi connectivity index (χ4v) is 3.16. The van der Waals surface area contributed by atoms with Crippen LogP contribution in [-0.2, 0) is 13.0 Å². The Morgan fingerprint density at radius 2 is 2.04 bits per heavy atom. The average molecular weight is 398 g/mol. The molecule has 0 fully saturated rings. The van der Waals surface area contributed by atoms with Crippen LogP contribution in [0.15, 0.2) is 48.8 Å². The lowest BCUT2D eigenvalue weighted by Crippen LogP contribution is -2.05. The molecule has 8 heteroatoms. The van der Waals surface area contributed by atoms with E-state index in [9.17, 15) is 4.39 Å². The molecule has 0 unspecified atom stereocenters.